The van der Waals surface area contributed by atoms with E-state index in [1.54, 1.807) is 23.3 Å². The van der Waals surface area contributed by atoms with Gasteiger partial charge in [0.25, 0.3) is 5.91 Å². The Morgan fingerprint density at radius 2 is 2.29 bits per heavy atom. The first-order valence-electron chi connectivity index (χ1n) is 7.12. The van der Waals surface area contributed by atoms with Gasteiger partial charge in [-0.2, -0.15) is 0 Å². The Hall–Kier alpha value is -1.50. The summed E-state index contributed by atoms with van der Waals surface area (Å²) in [5, 5.41) is 0.945. The Morgan fingerprint density at radius 3 is 3.00 bits per heavy atom. The zero-order chi connectivity index (χ0) is 14.8. The van der Waals surface area contributed by atoms with Crippen molar-refractivity contribution >= 4 is 27.5 Å². The van der Waals surface area contributed by atoms with Crippen LogP contribution in [0.3, 0.4) is 0 Å². The molecule has 3 rings (SSSR count). The Balaban J connectivity index is 1.65. The molecule has 0 saturated carbocycles. The van der Waals surface area contributed by atoms with E-state index in [0.29, 0.717) is 13.1 Å². The molecule has 1 aromatic heterocycles. The van der Waals surface area contributed by atoms with Crippen LogP contribution in [0.5, 0.6) is 0 Å². The molecule has 1 amide bonds. The molecular weight excluding hydrogens is 286 g/mol. The predicted octanol–water partition coefficient (Wildman–Crippen LogP) is 1.76. The number of para-hydroxylation sites is 1. The number of amides is 1. The van der Waals surface area contributed by atoms with E-state index in [-0.39, 0.29) is 18.1 Å². The van der Waals surface area contributed by atoms with Crippen molar-refractivity contribution in [2.45, 2.75) is 31.6 Å². The summed E-state index contributed by atoms with van der Waals surface area (Å²) in [6, 6.07) is 8.01. The van der Waals surface area contributed by atoms with Crippen LogP contribution >= 0.6 is 11.3 Å². The Kier molecular flexibility index (Phi) is 4.19. The van der Waals surface area contributed by atoms with Crippen molar-refractivity contribution in [2.75, 3.05) is 13.6 Å². The lowest BCUT2D eigenvalue weighted by Gasteiger charge is -2.20. The fraction of sp³-hybridized carbons (Fsp3) is 0.467. The van der Waals surface area contributed by atoms with Crippen molar-refractivity contribution in [2.24, 2.45) is 5.73 Å². The van der Waals surface area contributed by atoms with Crippen LogP contribution in [0.15, 0.2) is 24.3 Å². The van der Waals surface area contributed by atoms with E-state index in [1.807, 2.05) is 24.3 Å². The monoisotopic (exact) mass is 305 g/mol. The minimum absolute atomic E-state index is 0.0187. The zero-order valence-corrected chi connectivity index (χ0v) is 12.8. The Labute approximate surface area is 127 Å². The number of likely N-dealkylation sites (N-methyl/N-ethyl adjacent to an activating group) is 1. The molecule has 112 valence electrons. The van der Waals surface area contributed by atoms with Gasteiger partial charge in [-0.3, -0.25) is 4.79 Å². The molecule has 0 aliphatic carbocycles. The fourth-order valence-electron chi connectivity index (χ4n) is 2.57. The summed E-state index contributed by atoms with van der Waals surface area (Å²) < 4.78 is 6.80. The van der Waals surface area contributed by atoms with Crippen LogP contribution in [0, 0.1) is 0 Å². The third-order valence-corrected chi connectivity index (χ3v) is 4.75. The Bertz CT molecular complexity index is 610. The number of rotatable bonds is 4. The van der Waals surface area contributed by atoms with Gasteiger partial charge in [-0.1, -0.05) is 12.1 Å². The third-order valence-electron chi connectivity index (χ3n) is 3.73. The topological polar surface area (TPSA) is 68.5 Å². The standard InChI is InChI=1S/C15H19N3O2S/c1-18(15(19)12-7-6-10(8-16)20-12)9-14-17-11-4-2-3-5-13(11)21-14/h2-5,10,12H,6-9,16H2,1H3/t10-,12+/m1/s1. The summed E-state index contributed by atoms with van der Waals surface area (Å²) in [5.74, 6) is 0.0187. The average molecular weight is 305 g/mol. The van der Waals surface area contributed by atoms with Gasteiger partial charge in [-0.25, -0.2) is 4.98 Å². The molecule has 0 bridgehead atoms. The van der Waals surface area contributed by atoms with E-state index in [4.69, 9.17) is 10.5 Å². The molecule has 1 aromatic carbocycles. The molecule has 5 nitrogen and oxygen atoms in total. The maximum absolute atomic E-state index is 12.4. The van der Waals surface area contributed by atoms with Crippen molar-refractivity contribution in [1.82, 2.24) is 9.88 Å². The number of nitrogens with zero attached hydrogens (tertiary/aromatic N) is 2. The van der Waals surface area contributed by atoms with Crippen LogP contribution in [0.2, 0.25) is 0 Å². The van der Waals surface area contributed by atoms with Crippen LogP contribution in [-0.4, -0.2) is 41.6 Å². The summed E-state index contributed by atoms with van der Waals surface area (Å²) in [5.41, 5.74) is 6.57. The summed E-state index contributed by atoms with van der Waals surface area (Å²) in [6.45, 7) is 0.997. The van der Waals surface area contributed by atoms with Gasteiger partial charge in [0.2, 0.25) is 0 Å². The maximum atomic E-state index is 12.4. The van der Waals surface area contributed by atoms with E-state index < -0.39 is 0 Å². The highest BCUT2D eigenvalue weighted by atomic mass is 32.1. The normalized spacial score (nSPS) is 21.8. The number of carbonyl (C=O) groups excluding carboxylic acids is 1. The molecule has 1 aliphatic heterocycles. The molecule has 1 fully saturated rings. The molecule has 1 aliphatic rings. The SMILES string of the molecule is CN(Cc1nc2ccccc2s1)C(=O)[C@@H]1CC[C@H](CN)O1. The fourth-order valence-corrected chi connectivity index (χ4v) is 3.60. The molecular formula is C15H19N3O2S. The van der Waals surface area contributed by atoms with E-state index in [2.05, 4.69) is 4.98 Å². The number of nitrogens with two attached hydrogens (primary N) is 1. The van der Waals surface area contributed by atoms with Crippen LogP contribution in [0.1, 0.15) is 17.8 Å². The second-order valence-corrected chi connectivity index (χ2v) is 6.44. The van der Waals surface area contributed by atoms with Crippen LogP contribution in [0.25, 0.3) is 10.2 Å². The molecule has 0 radical (unpaired) electrons. The maximum Gasteiger partial charge on any atom is 0.251 e. The average Bonchev–Trinajstić information content (AvgIpc) is 3.12. The number of carbonyl (C=O) groups is 1. The molecule has 1 saturated heterocycles. The van der Waals surface area contributed by atoms with Crippen LogP contribution in [0.4, 0.5) is 0 Å². The zero-order valence-electron chi connectivity index (χ0n) is 12.0. The molecule has 21 heavy (non-hydrogen) atoms. The van der Waals surface area contributed by atoms with Gasteiger partial charge in [0.15, 0.2) is 0 Å². The minimum atomic E-state index is -0.349. The predicted molar refractivity (Wildman–Crippen MR) is 83.0 cm³/mol. The first kappa shape index (κ1) is 14.4. The van der Waals surface area contributed by atoms with Gasteiger partial charge in [0, 0.05) is 13.6 Å². The lowest BCUT2D eigenvalue weighted by molar-refractivity contribution is -0.141. The number of hydrogen-bond donors (Lipinski definition) is 1. The second kappa shape index (κ2) is 6.09. The van der Waals surface area contributed by atoms with E-state index in [0.717, 1.165) is 28.1 Å². The highest BCUT2D eigenvalue weighted by Crippen LogP contribution is 2.24. The number of aromatic nitrogens is 1. The summed E-state index contributed by atoms with van der Waals surface area (Å²) in [6.07, 6.45) is 1.29. The molecule has 2 atom stereocenters. The van der Waals surface area contributed by atoms with Gasteiger partial charge in [0.05, 0.1) is 22.9 Å². The van der Waals surface area contributed by atoms with Crippen molar-refractivity contribution in [3.05, 3.63) is 29.3 Å². The summed E-state index contributed by atoms with van der Waals surface area (Å²) in [7, 11) is 1.80. The molecule has 0 unspecified atom stereocenters. The highest BCUT2D eigenvalue weighted by molar-refractivity contribution is 7.18. The first-order chi connectivity index (χ1) is 10.2. The first-order valence-corrected chi connectivity index (χ1v) is 7.94. The highest BCUT2D eigenvalue weighted by Gasteiger charge is 2.31. The van der Waals surface area contributed by atoms with E-state index >= 15 is 0 Å². The molecule has 2 aromatic rings. The third kappa shape index (κ3) is 3.07. The summed E-state index contributed by atoms with van der Waals surface area (Å²) in [4.78, 5) is 18.6. The molecule has 6 heteroatoms. The van der Waals surface area contributed by atoms with Gasteiger partial charge in [-0.15, -0.1) is 11.3 Å². The van der Waals surface area contributed by atoms with E-state index in [1.165, 1.54) is 0 Å². The Morgan fingerprint density at radius 1 is 1.48 bits per heavy atom. The van der Waals surface area contributed by atoms with Gasteiger partial charge < -0.3 is 15.4 Å². The van der Waals surface area contributed by atoms with Crippen molar-refractivity contribution < 1.29 is 9.53 Å². The summed E-state index contributed by atoms with van der Waals surface area (Å²) >= 11 is 1.62. The van der Waals surface area contributed by atoms with Crippen molar-refractivity contribution in [3.8, 4) is 0 Å². The van der Waals surface area contributed by atoms with Crippen molar-refractivity contribution in [1.29, 1.82) is 0 Å². The van der Waals surface area contributed by atoms with E-state index in [9.17, 15) is 4.79 Å². The van der Waals surface area contributed by atoms with Gasteiger partial charge in [-0.05, 0) is 25.0 Å². The van der Waals surface area contributed by atoms with Crippen molar-refractivity contribution in [3.63, 3.8) is 0 Å². The number of fused-ring (bicyclic) bond motifs is 1. The molecule has 2 heterocycles. The molecule has 0 spiro atoms. The quantitative estimate of drug-likeness (QED) is 0.934. The number of hydrogen-bond acceptors (Lipinski definition) is 5. The lowest BCUT2D eigenvalue weighted by Crippen LogP contribution is -2.36. The van der Waals surface area contributed by atoms with Gasteiger partial charge in [0.1, 0.15) is 11.1 Å². The van der Waals surface area contributed by atoms with Crippen LogP contribution < -0.4 is 5.73 Å². The number of benzene rings is 1. The molecule has 2 N–H and O–H groups in total. The second-order valence-electron chi connectivity index (χ2n) is 5.33. The minimum Gasteiger partial charge on any atom is -0.364 e. The lowest BCUT2D eigenvalue weighted by atomic mass is 10.2. The smallest absolute Gasteiger partial charge is 0.251 e. The number of thiazole rings is 1. The number of ether oxygens (including phenoxy) is 1. The van der Waals surface area contributed by atoms with Gasteiger partial charge >= 0.3 is 0 Å². The van der Waals surface area contributed by atoms with Crippen LogP contribution in [-0.2, 0) is 16.1 Å². The largest absolute Gasteiger partial charge is 0.364 e.